The van der Waals surface area contributed by atoms with Gasteiger partial charge in [0.05, 0.1) is 23.3 Å². The van der Waals surface area contributed by atoms with Crippen LogP contribution in [0.5, 0.6) is 5.75 Å². The number of nitro benzene ring substituents is 1. The third-order valence-corrected chi connectivity index (χ3v) is 4.94. The third kappa shape index (κ3) is 3.89. The first-order valence-electron chi connectivity index (χ1n) is 7.33. The SMILES string of the molecule is COc1ccc(Br)c(C(=O)Nc2nc(-c3cccc([N+](=O)[O-])c3)cs2)c1. The maximum absolute atomic E-state index is 12.5. The Labute approximate surface area is 160 Å². The molecule has 9 heteroatoms. The lowest BCUT2D eigenvalue weighted by molar-refractivity contribution is -0.384. The van der Waals surface area contributed by atoms with Crippen LogP contribution in [0.2, 0.25) is 0 Å². The summed E-state index contributed by atoms with van der Waals surface area (Å²) in [6, 6.07) is 11.3. The van der Waals surface area contributed by atoms with Crippen LogP contribution in [0.15, 0.2) is 52.3 Å². The number of anilines is 1. The summed E-state index contributed by atoms with van der Waals surface area (Å²) in [7, 11) is 1.52. The number of carbonyl (C=O) groups excluding carboxylic acids is 1. The zero-order valence-electron chi connectivity index (χ0n) is 13.4. The van der Waals surface area contributed by atoms with Gasteiger partial charge >= 0.3 is 0 Å². The van der Waals surface area contributed by atoms with Gasteiger partial charge < -0.3 is 4.74 Å². The number of non-ortho nitro benzene ring substituents is 1. The molecule has 3 rings (SSSR count). The second-order valence-electron chi connectivity index (χ2n) is 5.15. The van der Waals surface area contributed by atoms with Crippen molar-refractivity contribution in [2.24, 2.45) is 0 Å². The Balaban J connectivity index is 1.82. The number of rotatable bonds is 5. The van der Waals surface area contributed by atoms with Crippen LogP contribution < -0.4 is 10.1 Å². The second kappa shape index (κ2) is 7.63. The molecule has 26 heavy (non-hydrogen) atoms. The fraction of sp³-hybridized carbons (Fsp3) is 0.0588. The minimum Gasteiger partial charge on any atom is -0.497 e. The molecule has 0 saturated heterocycles. The predicted octanol–water partition coefficient (Wildman–Crippen LogP) is 4.74. The number of aromatic nitrogens is 1. The fourth-order valence-corrected chi connectivity index (χ4v) is 3.35. The van der Waals surface area contributed by atoms with Crippen molar-refractivity contribution >= 4 is 44.0 Å². The molecule has 0 spiro atoms. The summed E-state index contributed by atoms with van der Waals surface area (Å²) in [5, 5.41) is 15.7. The zero-order chi connectivity index (χ0) is 18.7. The van der Waals surface area contributed by atoms with Crippen molar-refractivity contribution in [2.75, 3.05) is 12.4 Å². The van der Waals surface area contributed by atoms with Crippen LogP contribution in [-0.2, 0) is 0 Å². The van der Waals surface area contributed by atoms with E-state index >= 15 is 0 Å². The summed E-state index contributed by atoms with van der Waals surface area (Å²) in [5.41, 5.74) is 1.56. The van der Waals surface area contributed by atoms with E-state index in [1.165, 1.54) is 30.6 Å². The largest absolute Gasteiger partial charge is 0.497 e. The van der Waals surface area contributed by atoms with Crippen LogP contribution in [-0.4, -0.2) is 22.9 Å². The van der Waals surface area contributed by atoms with Gasteiger partial charge in [-0.15, -0.1) is 11.3 Å². The molecular formula is C17H12BrN3O4S. The smallest absolute Gasteiger partial charge is 0.270 e. The quantitative estimate of drug-likeness (QED) is 0.462. The summed E-state index contributed by atoms with van der Waals surface area (Å²) in [4.78, 5) is 27.2. The molecule has 0 aliphatic rings. The lowest BCUT2D eigenvalue weighted by atomic mass is 10.1. The van der Waals surface area contributed by atoms with Gasteiger partial charge in [-0.25, -0.2) is 4.98 Å². The van der Waals surface area contributed by atoms with Crippen molar-refractivity contribution in [3.05, 3.63) is 68.0 Å². The fourth-order valence-electron chi connectivity index (χ4n) is 2.21. The predicted molar refractivity (Wildman–Crippen MR) is 103 cm³/mol. The molecule has 3 aromatic rings. The highest BCUT2D eigenvalue weighted by molar-refractivity contribution is 9.10. The molecule has 1 amide bonds. The van der Waals surface area contributed by atoms with Crippen LogP contribution in [0.25, 0.3) is 11.3 Å². The number of amides is 1. The lowest BCUT2D eigenvalue weighted by Gasteiger charge is -2.06. The maximum Gasteiger partial charge on any atom is 0.270 e. The third-order valence-electron chi connectivity index (χ3n) is 3.50. The molecular weight excluding hydrogens is 422 g/mol. The molecule has 132 valence electrons. The summed E-state index contributed by atoms with van der Waals surface area (Å²) < 4.78 is 5.76. The van der Waals surface area contributed by atoms with Crippen molar-refractivity contribution < 1.29 is 14.5 Å². The number of nitrogens with zero attached hydrogens (tertiary/aromatic N) is 2. The molecule has 2 aromatic carbocycles. The number of ether oxygens (including phenoxy) is 1. The Kier molecular flexibility index (Phi) is 5.29. The van der Waals surface area contributed by atoms with Crippen molar-refractivity contribution in [3.63, 3.8) is 0 Å². The van der Waals surface area contributed by atoms with E-state index in [-0.39, 0.29) is 11.6 Å². The van der Waals surface area contributed by atoms with E-state index in [9.17, 15) is 14.9 Å². The number of nitro groups is 1. The molecule has 1 aromatic heterocycles. The van der Waals surface area contributed by atoms with E-state index in [0.29, 0.717) is 32.2 Å². The van der Waals surface area contributed by atoms with Crippen LogP contribution in [0, 0.1) is 10.1 Å². The number of thiazole rings is 1. The van der Waals surface area contributed by atoms with Gasteiger partial charge in [-0.3, -0.25) is 20.2 Å². The normalized spacial score (nSPS) is 10.4. The van der Waals surface area contributed by atoms with Gasteiger partial charge in [-0.2, -0.15) is 0 Å². The van der Waals surface area contributed by atoms with Crippen molar-refractivity contribution in [1.29, 1.82) is 0 Å². The van der Waals surface area contributed by atoms with Gasteiger partial charge in [0.15, 0.2) is 5.13 Å². The molecule has 1 N–H and O–H groups in total. The zero-order valence-corrected chi connectivity index (χ0v) is 15.8. The van der Waals surface area contributed by atoms with Crippen LogP contribution >= 0.6 is 27.3 Å². The molecule has 0 aliphatic heterocycles. The number of carbonyl (C=O) groups is 1. The van der Waals surface area contributed by atoms with Crippen LogP contribution in [0.3, 0.4) is 0 Å². The molecule has 0 atom stereocenters. The summed E-state index contributed by atoms with van der Waals surface area (Å²) in [5.74, 6) is 0.227. The molecule has 7 nitrogen and oxygen atoms in total. The average Bonchev–Trinajstić information content (AvgIpc) is 3.10. The van der Waals surface area contributed by atoms with Gasteiger partial charge in [0.25, 0.3) is 11.6 Å². The number of hydrogen-bond donors (Lipinski definition) is 1. The van der Waals surface area contributed by atoms with Gasteiger partial charge in [-0.1, -0.05) is 12.1 Å². The number of nitrogens with one attached hydrogen (secondary N) is 1. The van der Waals surface area contributed by atoms with Crippen molar-refractivity contribution in [2.45, 2.75) is 0 Å². The molecule has 0 aliphatic carbocycles. The van der Waals surface area contributed by atoms with Crippen LogP contribution in [0.1, 0.15) is 10.4 Å². The van der Waals surface area contributed by atoms with E-state index in [0.717, 1.165) is 0 Å². The first-order valence-corrected chi connectivity index (χ1v) is 9.00. The summed E-state index contributed by atoms with van der Waals surface area (Å²) >= 11 is 4.58. The molecule has 0 radical (unpaired) electrons. The Hall–Kier alpha value is -2.78. The molecule has 1 heterocycles. The Morgan fingerprint density at radius 3 is 2.85 bits per heavy atom. The topological polar surface area (TPSA) is 94.4 Å². The van der Waals surface area contributed by atoms with E-state index in [2.05, 4.69) is 26.2 Å². The van der Waals surface area contributed by atoms with Crippen molar-refractivity contribution in [3.8, 4) is 17.0 Å². The standard InChI is InChI=1S/C17H12BrN3O4S/c1-25-12-5-6-14(18)13(8-12)16(22)20-17-19-15(9-26-17)10-3-2-4-11(7-10)21(23)24/h2-9H,1H3,(H,19,20,22). The average molecular weight is 434 g/mol. The molecule has 0 unspecified atom stereocenters. The monoisotopic (exact) mass is 433 g/mol. The van der Waals surface area contributed by atoms with Crippen LogP contribution in [0.4, 0.5) is 10.8 Å². The highest BCUT2D eigenvalue weighted by Crippen LogP contribution is 2.29. The van der Waals surface area contributed by atoms with Gasteiger partial charge in [0.2, 0.25) is 0 Å². The lowest BCUT2D eigenvalue weighted by Crippen LogP contribution is -2.12. The second-order valence-corrected chi connectivity index (χ2v) is 6.86. The first kappa shape index (κ1) is 18.0. The number of hydrogen-bond acceptors (Lipinski definition) is 6. The minimum atomic E-state index is -0.459. The number of halogens is 1. The highest BCUT2D eigenvalue weighted by Gasteiger charge is 2.15. The van der Waals surface area contributed by atoms with Crippen molar-refractivity contribution in [1.82, 2.24) is 4.98 Å². The first-order chi connectivity index (χ1) is 12.5. The van der Waals surface area contributed by atoms with E-state index in [1.807, 2.05) is 0 Å². The molecule has 0 fully saturated rings. The van der Waals surface area contributed by atoms with Gasteiger partial charge in [0, 0.05) is 27.5 Å². The van der Waals surface area contributed by atoms with Gasteiger partial charge in [-0.05, 0) is 34.1 Å². The maximum atomic E-state index is 12.5. The summed E-state index contributed by atoms with van der Waals surface area (Å²) in [6.07, 6.45) is 0. The number of benzene rings is 2. The minimum absolute atomic E-state index is 0.0126. The highest BCUT2D eigenvalue weighted by atomic mass is 79.9. The van der Waals surface area contributed by atoms with E-state index in [4.69, 9.17) is 4.74 Å². The Morgan fingerprint density at radius 1 is 1.31 bits per heavy atom. The number of methoxy groups -OCH3 is 1. The van der Waals surface area contributed by atoms with E-state index < -0.39 is 4.92 Å². The van der Waals surface area contributed by atoms with E-state index in [1.54, 1.807) is 35.7 Å². The Morgan fingerprint density at radius 2 is 2.12 bits per heavy atom. The van der Waals surface area contributed by atoms with Gasteiger partial charge in [0.1, 0.15) is 5.75 Å². The Bertz CT molecular complexity index is 990. The summed E-state index contributed by atoms with van der Waals surface area (Å²) in [6.45, 7) is 0. The molecule has 0 saturated carbocycles. The molecule has 0 bridgehead atoms.